The van der Waals surface area contributed by atoms with E-state index in [-0.39, 0.29) is 16.9 Å². The van der Waals surface area contributed by atoms with Crippen LogP contribution >= 0.6 is 0 Å². The molecular weight excluding hydrogens is 290 g/mol. The van der Waals surface area contributed by atoms with Gasteiger partial charge in [0, 0.05) is 19.1 Å². The lowest BCUT2D eigenvalue weighted by Crippen LogP contribution is -2.44. The Bertz CT molecular complexity index is 528. The second kappa shape index (κ2) is 7.67. The maximum Gasteiger partial charge on any atom is 0.243 e. The summed E-state index contributed by atoms with van der Waals surface area (Å²) in [6.07, 6.45) is 2.64. The van der Waals surface area contributed by atoms with Crippen molar-refractivity contribution in [1.82, 2.24) is 19.6 Å². The number of hydrogen-bond donors (Lipinski definition) is 2. The predicted octanol–water partition coefficient (Wildman–Crippen LogP) is 0.773. The van der Waals surface area contributed by atoms with Crippen molar-refractivity contribution in [1.29, 1.82) is 0 Å². The van der Waals surface area contributed by atoms with Crippen LogP contribution in [0.1, 0.15) is 20.8 Å². The first-order chi connectivity index (χ1) is 9.76. The van der Waals surface area contributed by atoms with E-state index in [4.69, 9.17) is 0 Å². The molecule has 21 heavy (non-hydrogen) atoms. The summed E-state index contributed by atoms with van der Waals surface area (Å²) in [7, 11) is 0.218. The van der Waals surface area contributed by atoms with E-state index in [1.165, 1.54) is 12.4 Å². The highest BCUT2D eigenvalue weighted by Crippen LogP contribution is 2.11. The van der Waals surface area contributed by atoms with Gasteiger partial charge < -0.3 is 10.2 Å². The molecule has 1 heterocycles. The fraction of sp³-hybridized carbons (Fsp3) is 0.692. The predicted molar refractivity (Wildman–Crippen MR) is 83.7 cm³/mol. The summed E-state index contributed by atoms with van der Waals surface area (Å²) in [5.74, 6) is 0.606. The second-order valence-corrected chi connectivity index (χ2v) is 7.22. The number of nitrogens with one attached hydrogen (secondary N) is 2. The summed E-state index contributed by atoms with van der Waals surface area (Å²) in [5.41, 5.74) is 0. The number of hydrogen-bond acceptors (Lipinski definition) is 6. The van der Waals surface area contributed by atoms with Gasteiger partial charge in [-0.25, -0.2) is 23.1 Å². The second-order valence-electron chi connectivity index (χ2n) is 5.51. The van der Waals surface area contributed by atoms with Gasteiger partial charge in [0.1, 0.15) is 4.90 Å². The van der Waals surface area contributed by atoms with Crippen molar-refractivity contribution in [3.63, 3.8) is 0 Å². The van der Waals surface area contributed by atoms with Crippen LogP contribution in [-0.2, 0) is 10.0 Å². The number of likely N-dealkylation sites (N-methyl/N-ethyl adjacent to an activating group) is 1. The molecular formula is C13H25N5O2S. The summed E-state index contributed by atoms with van der Waals surface area (Å²) in [5, 5.41) is 2.93. The van der Waals surface area contributed by atoms with E-state index in [1.807, 2.05) is 39.8 Å². The van der Waals surface area contributed by atoms with Gasteiger partial charge in [-0.3, -0.25) is 0 Å². The lowest BCUT2D eigenvalue weighted by molar-refractivity contribution is 0.314. The molecule has 0 saturated carbocycles. The summed E-state index contributed by atoms with van der Waals surface area (Å²) < 4.78 is 27.5. The van der Waals surface area contributed by atoms with Crippen molar-refractivity contribution in [2.24, 2.45) is 5.92 Å². The fourth-order valence-electron chi connectivity index (χ4n) is 1.75. The maximum atomic E-state index is 12.4. The van der Waals surface area contributed by atoms with Crippen LogP contribution in [0.25, 0.3) is 0 Å². The van der Waals surface area contributed by atoms with Gasteiger partial charge in [-0.1, -0.05) is 13.8 Å². The minimum absolute atomic E-state index is 0.0774. The lowest BCUT2D eigenvalue weighted by Gasteiger charge is -2.25. The molecule has 0 amide bonds. The van der Waals surface area contributed by atoms with Crippen LogP contribution < -0.4 is 10.0 Å². The Hall–Kier alpha value is -1.25. The van der Waals surface area contributed by atoms with E-state index in [2.05, 4.69) is 20.0 Å². The van der Waals surface area contributed by atoms with Crippen LogP contribution in [0.3, 0.4) is 0 Å². The van der Waals surface area contributed by atoms with Crippen molar-refractivity contribution < 1.29 is 8.42 Å². The Morgan fingerprint density at radius 2 is 1.81 bits per heavy atom. The molecule has 0 radical (unpaired) electrons. The fourth-order valence-corrected chi connectivity index (χ4v) is 3.01. The van der Waals surface area contributed by atoms with Crippen LogP contribution in [0.5, 0.6) is 0 Å². The average Bonchev–Trinajstić information content (AvgIpc) is 2.38. The monoisotopic (exact) mass is 315 g/mol. The molecule has 0 aromatic carbocycles. The van der Waals surface area contributed by atoms with Gasteiger partial charge in [-0.15, -0.1) is 0 Å². The van der Waals surface area contributed by atoms with Crippen molar-refractivity contribution >= 4 is 16.0 Å². The number of aromatic nitrogens is 2. The number of anilines is 1. The van der Waals surface area contributed by atoms with Gasteiger partial charge in [-0.05, 0) is 26.9 Å². The number of nitrogens with zero attached hydrogens (tertiary/aromatic N) is 3. The largest absolute Gasteiger partial charge is 0.355 e. The van der Waals surface area contributed by atoms with E-state index in [1.54, 1.807) is 0 Å². The Balaban J connectivity index is 2.88. The zero-order valence-electron chi connectivity index (χ0n) is 13.3. The van der Waals surface area contributed by atoms with Crippen molar-refractivity contribution in [2.75, 3.05) is 32.5 Å². The highest BCUT2D eigenvalue weighted by Gasteiger charge is 2.23. The van der Waals surface area contributed by atoms with E-state index in [0.29, 0.717) is 19.0 Å². The summed E-state index contributed by atoms with van der Waals surface area (Å²) in [6, 6.07) is -0.168. The van der Waals surface area contributed by atoms with Crippen LogP contribution in [0, 0.1) is 5.92 Å². The smallest absolute Gasteiger partial charge is 0.243 e. The standard InChI is InChI=1S/C13H25N5O2S/c1-6-14-13-15-7-11(8-16-13)21(19,20)17-12(10(2)3)9-18(4)5/h7-8,10,12,17H,6,9H2,1-5H3,(H,14,15,16). The zero-order valence-corrected chi connectivity index (χ0v) is 14.1. The Morgan fingerprint density at radius 1 is 1.24 bits per heavy atom. The maximum absolute atomic E-state index is 12.4. The van der Waals surface area contributed by atoms with Crippen molar-refractivity contribution in [3.05, 3.63) is 12.4 Å². The van der Waals surface area contributed by atoms with E-state index in [0.717, 1.165) is 0 Å². The first-order valence-electron chi connectivity index (χ1n) is 6.99. The molecule has 8 heteroatoms. The molecule has 0 spiro atoms. The molecule has 120 valence electrons. The molecule has 0 bridgehead atoms. The first-order valence-corrected chi connectivity index (χ1v) is 8.47. The molecule has 0 aliphatic heterocycles. The average molecular weight is 315 g/mol. The third-order valence-electron chi connectivity index (χ3n) is 2.95. The van der Waals surface area contributed by atoms with Crippen LogP contribution in [-0.4, -0.2) is 56.5 Å². The van der Waals surface area contributed by atoms with Gasteiger partial charge >= 0.3 is 0 Å². The zero-order chi connectivity index (χ0) is 16.0. The minimum Gasteiger partial charge on any atom is -0.355 e. The van der Waals surface area contributed by atoms with Crippen LogP contribution in [0.2, 0.25) is 0 Å². The lowest BCUT2D eigenvalue weighted by atomic mass is 10.1. The summed E-state index contributed by atoms with van der Waals surface area (Å²) in [6.45, 7) is 7.21. The van der Waals surface area contributed by atoms with E-state index < -0.39 is 10.0 Å². The normalized spacial score (nSPS) is 13.7. The molecule has 7 nitrogen and oxygen atoms in total. The molecule has 0 aliphatic rings. The molecule has 1 unspecified atom stereocenters. The highest BCUT2D eigenvalue weighted by atomic mass is 32.2. The molecule has 1 aromatic heterocycles. The van der Waals surface area contributed by atoms with Crippen LogP contribution in [0.15, 0.2) is 17.3 Å². The molecule has 0 fully saturated rings. The quantitative estimate of drug-likeness (QED) is 0.737. The van der Waals surface area contributed by atoms with Crippen molar-refractivity contribution in [3.8, 4) is 0 Å². The molecule has 2 N–H and O–H groups in total. The van der Waals surface area contributed by atoms with Crippen LogP contribution in [0.4, 0.5) is 5.95 Å². The number of sulfonamides is 1. The minimum atomic E-state index is -3.61. The molecule has 1 rings (SSSR count). The third-order valence-corrected chi connectivity index (χ3v) is 4.39. The topological polar surface area (TPSA) is 87.2 Å². The summed E-state index contributed by atoms with van der Waals surface area (Å²) in [4.78, 5) is 10.0. The Labute approximate surface area is 127 Å². The van der Waals surface area contributed by atoms with E-state index >= 15 is 0 Å². The third kappa shape index (κ3) is 5.56. The molecule has 1 aromatic rings. The Kier molecular flexibility index (Phi) is 6.50. The Morgan fingerprint density at radius 3 is 2.24 bits per heavy atom. The molecule has 1 atom stereocenters. The molecule has 0 aliphatic carbocycles. The van der Waals surface area contributed by atoms with Gasteiger partial charge in [-0.2, -0.15) is 0 Å². The van der Waals surface area contributed by atoms with Crippen molar-refractivity contribution in [2.45, 2.75) is 31.7 Å². The number of rotatable bonds is 8. The highest BCUT2D eigenvalue weighted by molar-refractivity contribution is 7.89. The van der Waals surface area contributed by atoms with E-state index in [9.17, 15) is 8.42 Å². The first kappa shape index (κ1) is 17.8. The van der Waals surface area contributed by atoms with Gasteiger partial charge in [0.15, 0.2) is 0 Å². The SMILES string of the molecule is CCNc1ncc(S(=O)(=O)NC(CN(C)C)C(C)C)cn1. The molecule has 0 saturated heterocycles. The summed E-state index contributed by atoms with van der Waals surface area (Å²) >= 11 is 0. The van der Waals surface area contributed by atoms with Gasteiger partial charge in [0.2, 0.25) is 16.0 Å². The van der Waals surface area contributed by atoms with Gasteiger partial charge in [0.25, 0.3) is 0 Å². The van der Waals surface area contributed by atoms with Gasteiger partial charge in [0.05, 0.1) is 12.4 Å².